The van der Waals surface area contributed by atoms with Crippen LogP contribution >= 0.6 is 11.3 Å². The van der Waals surface area contributed by atoms with Crippen molar-refractivity contribution in [1.82, 2.24) is 14.8 Å². The van der Waals surface area contributed by atoms with Crippen molar-refractivity contribution in [2.75, 3.05) is 32.7 Å². The monoisotopic (exact) mass is 353 g/mol. The van der Waals surface area contributed by atoms with Crippen molar-refractivity contribution < 1.29 is 5.11 Å². The van der Waals surface area contributed by atoms with E-state index in [1.54, 1.807) is 17.5 Å². The topological polar surface area (TPSA) is 39.6 Å². The first-order valence-electron chi connectivity index (χ1n) is 8.84. The van der Waals surface area contributed by atoms with Crippen LogP contribution in [0.15, 0.2) is 48.0 Å². The van der Waals surface area contributed by atoms with Crippen LogP contribution in [0.1, 0.15) is 23.4 Å². The Morgan fingerprint density at radius 1 is 1.12 bits per heavy atom. The van der Waals surface area contributed by atoms with Crippen LogP contribution in [0.4, 0.5) is 0 Å². The Morgan fingerprint density at radius 3 is 2.68 bits per heavy atom. The average Bonchev–Trinajstić information content (AvgIpc) is 3.19. The van der Waals surface area contributed by atoms with E-state index in [9.17, 15) is 5.11 Å². The van der Waals surface area contributed by atoms with Gasteiger partial charge < -0.3 is 10.0 Å². The molecule has 0 bridgehead atoms. The number of phenols is 1. The summed E-state index contributed by atoms with van der Waals surface area (Å²) in [6.07, 6.45) is 1.74. The standard InChI is InChI=1S/C20H23N3OS/c1-2-22-10-12-23(13-11-22)19(17-6-4-14-25-17)16-8-7-15-5-3-9-21-18(15)20(16)24/h3-9,14,19,24H,2,10-13H2,1H3/t19-/m0/s1. The van der Waals surface area contributed by atoms with Crippen molar-refractivity contribution in [2.24, 2.45) is 0 Å². The molecule has 1 aromatic carbocycles. The van der Waals surface area contributed by atoms with Gasteiger partial charge in [-0.05, 0) is 24.1 Å². The molecular formula is C20H23N3OS. The lowest BCUT2D eigenvalue weighted by Gasteiger charge is -2.39. The summed E-state index contributed by atoms with van der Waals surface area (Å²) in [4.78, 5) is 10.6. The first kappa shape index (κ1) is 16.5. The van der Waals surface area contributed by atoms with E-state index in [0.717, 1.165) is 43.7 Å². The zero-order chi connectivity index (χ0) is 17.2. The van der Waals surface area contributed by atoms with Crippen molar-refractivity contribution >= 4 is 22.2 Å². The highest BCUT2D eigenvalue weighted by Crippen LogP contribution is 2.39. The third-order valence-corrected chi connectivity index (χ3v) is 6.03. The maximum Gasteiger partial charge on any atom is 0.146 e. The largest absolute Gasteiger partial charge is 0.505 e. The third-order valence-electron chi connectivity index (χ3n) is 5.11. The molecule has 0 unspecified atom stereocenters. The van der Waals surface area contributed by atoms with Crippen LogP contribution < -0.4 is 0 Å². The van der Waals surface area contributed by atoms with Gasteiger partial charge in [-0.1, -0.05) is 31.2 Å². The smallest absolute Gasteiger partial charge is 0.146 e. The predicted molar refractivity (Wildman–Crippen MR) is 103 cm³/mol. The molecule has 1 atom stereocenters. The van der Waals surface area contributed by atoms with Gasteiger partial charge in [-0.2, -0.15) is 0 Å². The van der Waals surface area contributed by atoms with Crippen LogP contribution in [0.2, 0.25) is 0 Å². The van der Waals surface area contributed by atoms with E-state index >= 15 is 0 Å². The first-order valence-corrected chi connectivity index (χ1v) is 9.72. The van der Waals surface area contributed by atoms with Crippen molar-refractivity contribution in [3.63, 3.8) is 0 Å². The Hall–Kier alpha value is -1.95. The van der Waals surface area contributed by atoms with E-state index in [1.165, 1.54) is 4.88 Å². The quantitative estimate of drug-likeness (QED) is 0.776. The van der Waals surface area contributed by atoms with Crippen molar-refractivity contribution in [2.45, 2.75) is 13.0 Å². The van der Waals surface area contributed by atoms with E-state index in [2.05, 4.69) is 51.4 Å². The summed E-state index contributed by atoms with van der Waals surface area (Å²) in [6, 6.07) is 12.4. The van der Waals surface area contributed by atoms with Gasteiger partial charge in [-0.15, -0.1) is 11.3 Å². The van der Waals surface area contributed by atoms with Crippen molar-refractivity contribution in [3.8, 4) is 5.75 Å². The van der Waals surface area contributed by atoms with Crippen LogP contribution in [-0.4, -0.2) is 52.6 Å². The molecular weight excluding hydrogens is 330 g/mol. The molecule has 0 radical (unpaired) electrons. The lowest BCUT2D eigenvalue weighted by molar-refractivity contribution is 0.113. The highest BCUT2D eigenvalue weighted by atomic mass is 32.1. The third kappa shape index (κ3) is 3.15. The number of likely N-dealkylation sites (N-methyl/N-ethyl adjacent to an activating group) is 1. The normalized spacial score (nSPS) is 17.8. The van der Waals surface area contributed by atoms with E-state index in [-0.39, 0.29) is 6.04 Å². The van der Waals surface area contributed by atoms with E-state index in [0.29, 0.717) is 11.3 Å². The highest BCUT2D eigenvalue weighted by Gasteiger charge is 2.29. The fourth-order valence-electron chi connectivity index (χ4n) is 3.68. The number of aromatic nitrogens is 1. The van der Waals surface area contributed by atoms with Crippen LogP contribution in [0.3, 0.4) is 0 Å². The van der Waals surface area contributed by atoms with Gasteiger partial charge in [0.25, 0.3) is 0 Å². The first-order chi connectivity index (χ1) is 12.3. The number of phenolic OH excluding ortho intramolecular Hbond substituents is 1. The van der Waals surface area contributed by atoms with Crippen molar-refractivity contribution in [1.29, 1.82) is 0 Å². The maximum absolute atomic E-state index is 11.0. The summed E-state index contributed by atoms with van der Waals surface area (Å²) in [7, 11) is 0. The molecule has 0 aliphatic carbocycles. The number of nitrogens with zero attached hydrogens (tertiary/aromatic N) is 3. The Morgan fingerprint density at radius 2 is 1.96 bits per heavy atom. The highest BCUT2D eigenvalue weighted by molar-refractivity contribution is 7.10. The van der Waals surface area contributed by atoms with E-state index < -0.39 is 0 Å². The van der Waals surface area contributed by atoms with Gasteiger partial charge in [-0.25, -0.2) is 0 Å². The van der Waals surface area contributed by atoms with Crippen LogP contribution in [-0.2, 0) is 0 Å². The van der Waals surface area contributed by atoms with Gasteiger partial charge in [0.15, 0.2) is 0 Å². The molecule has 1 fully saturated rings. The molecule has 3 heterocycles. The summed E-state index contributed by atoms with van der Waals surface area (Å²) in [5.41, 5.74) is 1.65. The number of pyridine rings is 1. The lowest BCUT2D eigenvalue weighted by Crippen LogP contribution is -2.47. The molecule has 4 nitrogen and oxygen atoms in total. The fraction of sp³-hybridized carbons (Fsp3) is 0.350. The summed E-state index contributed by atoms with van der Waals surface area (Å²) in [5.74, 6) is 0.314. The Labute approximate surface area is 152 Å². The number of aromatic hydroxyl groups is 1. The molecule has 1 N–H and O–H groups in total. The molecule has 5 heteroatoms. The lowest BCUT2D eigenvalue weighted by atomic mass is 9.99. The summed E-state index contributed by atoms with van der Waals surface area (Å²) >= 11 is 1.75. The predicted octanol–water partition coefficient (Wildman–Crippen LogP) is 3.73. The molecule has 25 heavy (non-hydrogen) atoms. The van der Waals surface area contributed by atoms with Gasteiger partial charge >= 0.3 is 0 Å². The number of hydrogen-bond donors (Lipinski definition) is 1. The molecule has 1 aliphatic rings. The summed E-state index contributed by atoms with van der Waals surface area (Å²) in [6.45, 7) is 7.48. The molecule has 1 aliphatic heterocycles. The molecule has 0 spiro atoms. The average molecular weight is 353 g/mol. The number of thiophene rings is 1. The number of fused-ring (bicyclic) bond motifs is 1. The van der Waals surface area contributed by atoms with Crippen LogP contribution in [0.25, 0.3) is 10.9 Å². The van der Waals surface area contributed by atoms with Gasteiger partial charge in [0.05, 0.1) is 6.04 Å². The minimum atomic E-state index is 0.0883. The minimum Gasteiger partial charge on any atom is -0.505 e. The van der Waals surface area contributed by atoms with Crippen LogP contribution in [0.5, 0.6) is 5.75 Å². The Balaban J connectivity index is 1.76. The number of rotatable bonds is 4. The molecule has 1 saturated heterocycles. The van der Waals surface area contributed by atoms with Gasteiger partial charge in [0.2, 0.25) is 0 Å². The molecule has 130 valence electrons. The second kappa shape index (κ2) is 7.12. The number of hydrogen-bond acceptors (Lipinski definition) is 5. The second-order valence-electron chi connectivity index (χ2n) is 6.47. The van der Waals surface area contributed by atoms with Gasteiger partial charge in [0, 0.05) is 48.2 Å². The number of benzene rings is 1. The van der Waals surface area contributed by atoms with Gasteiger partial charge in [-0.3, -0.25) is 9.88 Å². The fourth-order valence-corrected chi connectivity index (χ4v) is 4.56. The maximum atomic E-state index is 11.0. The minimum absolute atomic E-state index is 0.0883. The zero-order valence-corrected chi connectivity index (χ0v) is 15.2. The van der Waals surface area contributed by atoms with Crippen LogP contribution in [0, 0.1) is 0 Å². The van der Waals surface area contributed by atoms with E-state index in [1.807, 2.05) is 12.1 Å². The zero-order valence-electron chi connectivity index (χ0n) is 14.4. The number of piperazine rings is 1. The molecule has 4 rings (SSSR count). The molecule has 2 aromatic heterocycles. The Bertz CT molecular complexity index is 841. The SMILES string of the molecule is CCN1CCN([C@H](c2cccs2)c2ccc3cccnc3c2O)CC1. The summed E-state index contributed by atoms with van der Waals surface area (Å²) < 4.78 is 0. The molecule has 0 saturated carbocycles. The molecule has 0 amide bonds. The molecule has 3 aromatic rings. The van der Waals surface area contributed by atoms with Crippen molar-refractivity contribution in [3.05, 3.63) is 58.4 Å². The summed E-state index contributed by atoms with van der Waals surface area (Å²) in [5, 5.41) is 14.0. The van der Waals surface area contributed by atoms with Gasteiger partial charge in [0.1, 0.15) is 11.3 Å². The Kier molecular flexibility index (Phi) is 4.70. The second-order valence-corrected chi connectivity index (χ2v) is 7.45. The van der Waals surface area contributed by atoms with E-state index in [4.69, 9.17) is 0 Å².